The summed E-state index contributed by atoms with van der Waals surface area (Å²) in [6, 6.07) is 18.0. The van der Waals surface area contributed by atoms with Gasteiger partial charge in [-0.15, -0.1) is 0 Å². The van der Waals surface area contributed by atoms with Crippen LogP contribution >= 0.6 is 0 Å². The number of fused-ring (bicyclic) bond motifs is 2. The van der Waals surface area contributed by atoms with E-state index in [0.29, 0.717) is 6.04 Å². The lowest BCUT2D eigenvalue weighted by Gasteiger charge is -2.43. The van der Waals surface area contributed by atoms with E-state index in [1.54, 1.807) is 4.90 Å². The molecule has 1 aliphatic rings. The van der Waals surface area contributed by atoms with Crippen molar-refractivity contribution in [2.45, 2.75) is 31.8 Å². The van der Waals surface area contributed by atoms with E-state index in [1.807, 2.05) is 0 Å². The number of benzene rings is 2. The first-order chi connectivity index (χ1) is 10.6. The molecule has 2 aromatic carbocycles. The molecule has 1 aromatic heterocycles. The molecule has 0 radical (unpaired) electrons. The van der Waals surface area contributed by atoms with Gasteiger partial charge in [0.05, 0.1) is 12.6 Å². The van der Waals surface area contributed by atoms with Gasteiger partial charge < -0.3 is 9.88 Å². The summed E-state index contributed by atoms with van der Waals surface area (Å²) in [5.41, 5.74) is 5.84. The van der Waals surface area contributed by atoms with Crippen LogP contribution in [0.15, 0.2) is 54.7 Å². The van der Waals surface area contributed by atoms with E-state index >= 15 is 0 Å². The van der Waals surface area contributed by atoms with Crippen LogP contribution in [0.1, 0.15) is 36.6 Å². The molecule has 112 valence electrons. The van der Waals surface area contributed by atoms with Crippen molar-refractivity contribution < 1.29 is 4.90 Å². The zero-order valence-corrected chi connectivity index (χ0v) is 13.5. The summed E-state index contributed by atoms with van der Waals surface area (Å²) in [5, 5.41) is 1.35. The predicted octanol–water partition coefficient (Wildman–Crippen LogP) is 3.11. The average molecular weight is 291 g/mol. The SMILES string of the molecule is C[NH+]1[C@@H](c2c[nH]c3ccccc23)c2ccccc2CC1(C)C. The van der Waals surface area contributed by atoms with Crippen LogP contribution < -0.4 is 4.90 Å². The number of para-hydroxylation sites is 1. The fourth-order valence-electron chi connectivity index (χ4n) is 3.95. The minimum Gasteiger partial charge on any atom is -0.361 e. The number of aromatic nitrogens is 1. The van der Waals surface area contributed by atoms with Crippen molar-refractivity contribution in [1.82, 2.24) is 4.98 Å². The maximum atomic E-state index is 3.45. The van der Waals surface area contributed by atoms with Gasteiger partial charge in [-0.1, -0.05) is 42.5 Å². The third-order valence-electron chi connectivity index (χ3n) is 5.43. The van der Waals surface area contributed by atoms with Gasteiger partial charge in [-0.3, -0.25) is 0 Å². The number of hydrogen-bond acceptors (Lipinski definition) is 0. The number of nitrogens with one attached hydrogen (secondary N) is 2. The quantitative estimate of drug-likeness (QED) is 0.687. The minimum atomic E-state index is 0.234. The van der Waals surface area contributed by atoms with Crippen LogP contribution in [0.5, 0.6) is 0 Å². The molecule has 2 nitrogen and oxygen atoms in total. The van der Waals surface area contributed by atoms with Gasteiger partial charge in [0.25, 0.3) is 0 Å². The molecule has 4 rings (SSSR count). The van der Waals surface area contributed by atoms with Crippen molar-refractivity contribution in [2.75, 3.05) is 7.05 Å². The Hall–Kier alpha value is -2.06. The molecular weight excluding hydrogens is 268 g/mol. The van der Waals surface area contributed by atoms with Crippen molar-refractivity contribution in [1.29, 1.82) is 0 Å². The maximum absolute atomic E-state index is 3.45. The highest BCUT2D eigenvalue weighted by atomic mass is 15.2. The standard InChI is InChI=1S/C20H22N2/c1-20(2)12-14-8-4-5-9-15(14)19(22(20)3)17-13-21-18-11-7-6-10-16(17)18/h4-11,13,19,21H,12H2,1-3H3/p+1/t19-/m1/s1. The molecule has 0 aliphatic carbocycles. The highest BCUT2D eigenvalue weighted by Gasteiger charge is 2.42. The summed E-state index contributed by atoms with van der Waals surface area (Å²) in [7, 11) is 2.34. The summed E-state index contributed by atoms with van der Waals surface area (Å²) in [6.07, 6.45) is 3.34. The van der Waals surface area contributed by atoms with E-state index in [4.69, 9.17) is 0 Å². The second kappa shape index (κ2) is 4.72. The fourth-order valence-corrected chi connectivity index (χ4v) is 3.95. The van der Waals surface area contributed by atoms with Gasteiger partial charge in [-0.05, 0) is 25.5 Å². The number of likely N-dealkylation sites (N-methyl/N-ethyl adjacent to an activating group) is 1. The van der Waals surface area contributed by atoms with Crippen LogP contribution in [-0.4, -0.2) is 17.6 Å². The van der Waals surface area contributed by atoms with Crippen molar-refractivity contribution in [3.8, 4) is 0 Å². The van der Waals surface area contributed by atoms with Gasteiger partial charge in [0.2, 0.25) is 0 Å². The summed E-state index contributed by atoms with van der Waals surface area (Å²) >= 11 is 0. The van der Waals surface area contributed by atoms with Gasteiger partial charge >= 0.3 is 0 Å². The highest BCUT2D eigenvalue weighted by molar-refractivity contribution is 5.84. The van der Waals surface area contributed by atoms with E-state index in [1.165, 1.54) is 27.6 Å². The number of quaternary nitrogens is 1. The fraction of sp³-hybridized carbons (Fsp3) is 0.300. The van der Waals surface area contributed by atoms with E-state index in [2.05, 4.69) is 80.6 Å². The molecule has 2 N–H and O–H groups in total. The molecule has 0 saturated carbocycles. The molecule has 0 saturated heterocycles. The molecule has 22 heavy (non-hydrogen) atoms. The second-order valence-corrected chi connectivity index (χ2v) is 7.17. The van der Waals surface area contributed by atoms with E-state index in [9.17, 15) is 0 Å². The first kappa shape index (κ1) is 13.6. The third-order valence-corrected chi connectivity index (χ3v) is 5.43. The Morgan fingerprint density at radius 1 is 1.00 bits per heavy atom. The van der Waals surface area contributed by atoms with Crippen LogP contribution in [0.4, 0.5) is 0 Å². The molecule has 0 bridgehead atoms. The summed E-state index contributed by atoms with van der Waals surface area (Å²) in [4.78, 5) is 5.02. The van der Waals surface area contributed by atoms with Crippen LogP contribution in [0.2, 0.25) is 0 Å². The smallest absolute Gasteiger partial charge is 0.141 e. The van der Waals surface area contributed by atoms with Gasteiger partial charge in [-0.2, -0.15) is 0 Å². The highest BCUT2D eigenvalue weighted by Crippen LogP contribution is 2.33. The Morgan fingerprint density at radius 2 is 1.73 bits per heavy atom. The molecule has 1 unspecified atom stereocenters. The molecule has 2 atom stereocenters. The molecular formula is C20H23N2+. The van der Waals surface area contributed by atoms with Crippen LogP contribution in [0.3, 0.4) is 0 Å². The Kier molecular flexibility index (Phi) is 2.92. The first-order valence-corrected chi connectivity index (χ1v) is 8.06. The number of rotatable bonds is 1. The van der Waals surface area contributed by atoms with Crippen LogP contribution in [0, 0.1) is 0 Å². The third kappa shape index (κ3) is 1.91. The zero-order chi connectivity index (χ0) is 15.3. The summed E-state index contributed by atoms with van der Waals surface area (Å²) in [6.45, 7) is 4.75. The number of aromatic amines is 1. The normalized spacial score (nSPS) is 23.4. The molecule has 0 amide bonds. The Morgan fingerprint density at radius 3 is 2.59 bits per heavy atom. The van der Waals surface area contributed by atoms with Gasteiger partial charge in [0.15, 0.2) is 0 Å². The van der Waals surface area contributed by atoms with Gasteiger partial charge in [0, 0.05) is 34.6 Å². The van der Waals surface area contributed by atoms with Crippen molar-refractivity contribution in [3.63, 3.8) is 0 Å². The van der Waals surface area contributed by atoms with Crippen molar-refractivity contribution in [3.05, 3.63) is 71.4 Å². The monoisotopic (exact) mass is 291 g/mol. The predicted molar refractivity (Wildman–Crippen MR) is 91.3 cm³/mol. The maximum Gasteiger partial charge on any atom is 0.141 e. The van der Waals surface area contributed by atoms with Crippen molar-refractivity contribution >= 4 is 10.9 Å². The molecule has 0 fully saturated rings. The van der Waals surface area contributed by atoms with Crippen LogP contribution in [-0.2, 0) is 6.42 Å². The molecule has 3 aromatic rings. The molecule has 1 aliphatic heterocycles. The lowest BCUT2D eigenvalue weighted by Crippen LogP contribution is -3.18. The minimum absolute atomic E-state index is 0.234. The molecule has 0 spiro atoms. The van der Waals surface area contributed by atoms with E-state index in [0.717, 1.165) is 6.42 Å². The van der Waals surface area contributed by atoms with Crippen molar-refractivity contribution in [2.24, 2.45) is 0 Å². The van der Waals surface area contributed by atoms with E-state index in [-0.39, 0.29) is 5.54 Å². The topological polar surface area (TPSA) is 20.2 Å². The first-order valence-electron chi connectivity index (χ1n) is 8.06. The van der Waals surface area contributed by atoms with Gasteiger partial charge in [-0.25, -0.2) is 0 Å². The summed E-state index contributed by atoms with van der Waals surface area (Å²) < 4.78 is 0. The number of H-pyrrole nitrogens is 1. The number of hydrogen-bond donors (Lipinski definition) is 2. The largest absolute Gasteiger partial charge is 0.361 e. The average Bonchev–Trinajstić information content (AvgIpc) is 2.92. The summed E-state index contributed by atoms with van der Waals surface area (Å²) in [5.74, 6) is 0. The molecule has 2 heterocycles. The Bertz CT molecular complexity index is 828. The molecule has 2 heteroatoms. The zero-order valence-electron chi connectivity index (χ0n) is 13.5. The second-order valence-electron chi connectivity index (χ2n) is 7.17. The Balaban J connectivity index is 1.96. The Labute approximate surface area is 131 Å². The van der Waals surface area contributed by atoms with Gasteiger partial charge in [0.1, 0.15) is 6.04 Å². The van der Waals surface area contributed by atoms with Crippen LogP contribution in [0.25, 0.3) is 10.9 Å². The lowest BCUT2D eigenvalue weighted by molar-refractivity contribution is -0.956. The lowest BCUT2D eigenvalue weighted by atomic mass is 9.79. The van der Waals surface area contributed by atoms with E-state index < -0.39 is 0 Å².